The Labute approximate surface area is 91.2 Å². The quantitative estimate of drug-likeness (QED) is 0.835. The Morgan fingerprint density at radius 3 is 2.73 bits per heavy atom. The van der Waals surface area contributed by atoms with E-state index in [9.17, 15) is 0 Å². The highest BCUT2D eigenvalue weighted by molar-refractivity contribution is 7.16. The molecule has 5 heteroatoms. The molecular weight excluding hydrogens is 208 g/mol. The summed E-state index contributed by atoms with van der Waals surface area (Å²) in [5.74, 6) is 0. The van der Waals surface area contributed by atoms with Gasteiger partial charge >= 0.3 is 0 Å². The molecule has 0 aliphatic heterocycles. The van der Waals surface area contributed by atoms with Gasteiger partial charge in [-0.2, -0.15) is 5.26 Å². The second-order valence-electron chi connectivity index (χ2n) is 2.79. The van der Waals surface area contributed by atoms with Crippen LogP contribution in [0.25, 0.3) is 11.3 Å². The third-order valence-corrected chi connectivity index (χ3v) is 2.87. The Kier molecular flexibility index (Phi) is 2.61. The highest BCUT2D eigenvalue weighted by Gasteiger charge is 2.11. The van der Waals surface area contributed by atoms with Gasteiger partial charge in [0.1, 0.15) is 16.6 Å². The van der Waals surface area contributed by atoms with Gasteiger partial charge in [0.15, 0.2) is 5.13 Å². The molecule has 0 unspecified atom stereocenters. The van der Waals surface area contributed by atoms with Crippen molar-refractivity contribution < 1.29 is 0 Å². The van der Waals surface area contributed by atoms with Crippen LogP contribution in [0.2, 0.25) is 0 Å². The van der Waals surface area contributed by atoms with Gasteiger partial charge in [-0.1, -0.05) is 11.3 Å². The molecule has 2 heterocycles. The predicted molar refractivity (Wildman–Crippen MR) is 59.6 cm³/mol. The molecule has 15 heavy (non-hydrogen) atoms. The molecule has 0 atom stereocenters. The number of hydrogen-bond donors (Lipinski definition) is 1. The number of aromatic nitrogens is 2. The zero-order valence-corrected chi connectivity index (χ0v) is 8.88. The lowest BCUT2D eigenvalue weighted by molar-refractivity contribution is 1.30. The van der Waals surface area contributed by atoms with Crippen molar-refractivity contribution in [2.24, 2.45) is 0 Å². The van der Waals surface area contributed by atoms with Gasteiger partial charge in [-0.15, -0.1) is 0 Å². The molecule has 0 bridgehead atoms. The molecule has 0 fully saturated rings. The van der Waals surface area contributed by atoms with Gasteiger partial charge in [0.05, 0.1) is 0 Å². The maximum Gasteiger partial charge on any atom is 0.184 e. The van der Waals surface area contributed by atoms with Crippen molar-refractivity contribution in [3.63, 3.8) is 0 Å². The van der Waals surface area contributed by atoms with Crippen LogP contribution in [0.3, 0.4) is 0 Å². The van der Waals surface area contributed by atoms with Crippen LogP contribution < -0.4 is 5.32 Å². The van der Waals surface area contributed by atoms with Gasteiger partial charge in [0.2, 0.25) is 0 Å². The molecule has 0 radical (unpaired) electrons. The Bertz CT molecular complexity index is 498. The van der Waals surface area contributed by atoms with Gasteiger partial charge in [0, 0.05) is 25.0 Å². The van der Waals surface area contributed by atoms with Crippen LogP contribution >= 0.6 is 11.3 Å². The fourth-order valence-corrected chi connectivity index (χ4v) is 1.95. The van der Waals surface area contributed by atoms with E-state index in [2.05, 4.69) is 21.4 Å². The standard InChI is InChI=1S/C10H8N4S/c1-12-10-14-9(8(6-11)15-10)7-2-4-13-5-3-7/h2-5H,1H3,(H,12,14). The summed E-state index contributed by atoms with van der Waals surface area (Å²) in [4.78, 5) is 8.87. The van der Waals surface area contributed by atoms with E-state index >= 15 is 0 Å². The van der Waals surface area contributed by atoms with Gasteiger partial charge in [0.25, 0.3) is 0 Å². The minimum atomic E-state index is 0.616. The summed E-state index contributed by atoms with van der Waals surface area (Å²) < 4.78 is 0. The van der Waals surface area contributed by atoms with E-state index in [1.165, 1.54) is 11.3 Å². The minimum absolute atomic E-state index is 0.616. The molecular formula is C10H8N4S. The normalized spacial score (nSPS) is 9.60. The molecule has 1 N–H and O–H groups in total. The van der Waals surface area contributed by atoms with Crippen molar-refractivity contribution in [1.82, 2.24) is 9.97 Å². The van der Waals surface area contributed by atoms with Crippen LogP contribution in [0.15, 0.2) is 24.5 Å². The molecule has 0 saturated carbocycles. The number of anilines is 1. The Morgan fingerprint density at radius 1 is 1.40 bits per heavy atom. The van der Waals surface area contributed by atoms with E-state index in [0.717, 1.165) is 10.7 Å². The van der Waals surface area contributed by atoms with E-state index < -0.39 is 0 Å². The van der Waals surface area contributed by atoms with E-state index in [1.54, 1.807) is 19.4 Å². The summed E-state index contributed by atoms with van der Waals surface area (Å²) in [7, 11) is 1.79. The Morgan fingerprint density at radius 2 is 2.13 bits per heavy atom. The molecule has 0 spiro atoms. The maximum absolute atomic E-state index is 8.97. The van der Waals surface area contributed by atoms with E-state index in [4.69, 9.17) is 5.26 Å². The van der Waals surface area contributed by atoms with Gasteiger partial charge in [-0.25, -0.2) is 4.98 Å². The zero-order chi connectivity index (χ0) is 10.7. The SMILES string of the molecule is CNc1nc(-c2ccncc2)c(C#N)s1. The first-order valence-electron chi connectivity index (χ1n) is 4.34. The van der Waals surface area contributed by atoms with Crippen molar-refractivity contribution in [3.8, 4) is 17.3 Å². The van der Waals surface area contributed by atoms with Crippen LogP contribution in [-0.4, -0.2) is 17.0 Å². The van der Waals surface area contributed by atoms with Crippen LogP contribution in [0, 0.1) is 11.3 Å². The Hall–Kier alpha value is -1.93. The number of nitrogens with one attached hydrogen (secondary N) is 1. The third kappa shape index (κ3) is 1.80. The summed E-state index contributed by atoms with van der Waals surface area (Å²) in [5, 5.41) is 12.6. The predicted octanol–water partition coefficient (Wildman–Crippen LogP) is 2.12. The number of hydrogen-bond acceptors (Lipinski definition) is 5. The summed E-state index contributed by atoms with van der Waals surface area (Å²) in [5.41, 5.74) is 1.63. The molecule has 0 saturated heterocycles. The second kappa shape index (κ2) is 4.07. The monoisotopic (exact) mass is 216 g/mol. The van der Waals surface area contributed by atoms with Crippen LogP contribution in [0.4, 0.5) is 5.13 Å². The first-order valence-corrected chi connectivity index (χ1v) is 5.16. The molecule has 0 aliphatic rings. The second-order valence-corrected chi connectivity index (χ2v) is 3.79. The molecule has 2 rings (SSSR count). The molecule has 4 nitrogen and oxygen atoms in total. The fraction of sp³-hybridized carbons (Fsp3) is 0.100. The largest absolute Gasteiger partial charge is 0.365 e. The average Bonchev–Trinajstić information content (AvgIpc) is 2.73. The molecule has 0 aromatic carbocycles. The third-order valence-electron chi connectivity index (χ3n) is 1.90. The van der Waals surface area contributed by atoms with Crippen molar-refractivity contribution in [2.45, 2.75) is 0 Å². The fourth-order valence-electron chi connectivity index (χ4n) is 1.21. The lowest BCUT2D eigenvalue weighted by Crippen LogP contribution is -1.86. The molecule has 2 aromatic heterocycles. The van der Waals surface area contributed by atoms with Crippen LogP contribution in [-0.2, 0) is 0 Å². The number of nitriles is 1. The number of rotatable bonds is 2. The average molecular weight is 216 g/mol. The zero-order valence-electron chi connectivity index (χ0n) is 8.06. The first-order chi connectivity index (χ1) is 7.35. The molecule has 0 aliphatic carbocycles. The summed E-state index contributed by atoms with van der Waals surface area (Å²) in [6.07, 6.45) is 3.38. The molecule has 0 amide bonds. The smallest absolute Gasteiger partial charge is 0.184 e. The Balaban J connectivity index is 2.53. The van der Waals surface area contributed by atoms with E-state index in [0.29, 0.717) is 10.6 Å². The first kappa shape index (κ1) is 9.62. The number of pyridine rings is 1. The van der Waals surface area contributed by atoms with Crippen LogP contribution in [0.5, 0.6) is 0 Å². The van der Waals surface area contributed by atoms with Crippen LogP contribution in [0.1, 0.15) is 4.88 Å². The number of nitrogens with zero attached hydrogens (tertiary/aromatic N) is 3. The van der Waals surface area contributed by atoms with Crippen molar-refractivity contribution in [2.75, 3.05) is 12.4 Å². The van der Waals surface area contributed by atoms with Crippen molar-refractivity contribution >= 4 is 16.5 Å². The lowest BCUT2D eigenvalue weighted by atomic mass is 10.2. The highest BCUT2D eigenvalue weighted by atomic mass is 32.1. The highest BCUT2D eigenvalue weighted by Crippen LogP contribution is 2.29. The van der Waals surface area contributed by atoms with Gasteiger partial charge in [-0.05, 0) is 12.1 Å². The van der Waals surface area contributed by atoms with E-state index in [-0.39, 0.29) is 0 Å². The maximum atomic E-state index is 8.97. The van der Waals surface area contributed by atoms with Gasteiger partial charge < -0.3 is 5.32 Å². The minimum Gasteiger partial charge on any atom is -0.365 e. The topological polar surface area (TPSA) is 61.6 Å². The molecule has 74 valence electrons. The summed E-state index contributed by atoms with van der Waals surface area (Å²) in [6, 6.07) is 5.83. The lowest BCUT2D eigenvalue weighted by Gasteiger charge is -1.94. The van der Waals surface area contributed by atoms with E-state index in [1.807, 2.05) is 12.1 Å². The van der Waals surface area contributed by atoms with Crippen molar-refractivity contribution in [3.05, 3.63) is 29.4 Å². The summed E-state index contributed by atoms with van der Waals surface area (Å²) >= 11 is 1.35. The molecule has 2 aromatic rings. The van der Waals surface area contributed by atoms with Crippen molar-refractivity contribution in [1.29, 1.82) is 5.26 Å². The number of thiazole rings is 1. The van der Waals surface area contributed by atoms with Gasteiger partial charge in [-0.3, -0.25) is 4.98 Å². The summed E-state index contributed by atoms with van der Waals surface area (Å²) in [6.45, 7) is 0.